The lowest BCUT2D eigenvalue weighted by Gasteiger charge is -2.24. The van der Waals surface area contributed by atoms with Crippen LogP contribution in [-0.4, -0.2) is 19.0 Å². The number of primary amides is 1. The third-order valence-corrected chi connectivity index (χ3v) is 4.91. The Bertz CT molecular complexity index is 692. The number of nitroso groups, excluding NO2 is 1. The van der Waals surface area contributed by atoms with E-state index in [4.69, 9.17) is 5.73 Å². The zero-order valence-electron chi connectivity index (χ0n) is 12.0. The molecule has 0 radical (unpaired) electrons. The van der Waals surface area contributed by atoms with Crippen LogP contribution in [0.25, 0.3) is 11.3 Å². The molecule has 1 aromatic carbocycles. The fourth-order valence-electron chi connectivity index (χ4n) is 2.68. The quantitative estimate of drug-likeness (QED) is 0.877. The molecule has 3 N–H and O–H groups in total. The summed E-state index contributed by atoms with van der Waals surface area (Å²) in [6.45, 7) is 1.64. The highest BCUT2D eigenvalue weighted by atomic mass is 32.1. The van der Waals surface area contributed by atoms with Crippen LogP contribution >= 0.6 is 11.3 Å². The van der Waals surface area contributed by atoms with Crippen LogP contribution in [0.1, 0.15) is 12.8 Å². The first-order valence-electron chi connectivity index (χ1n) is 7.16. The van der Waals surface area contributed by atoms with Crippen molar-refractivity contribution in [2.24, 2.45) is 16.8 Å². The van der Waals surface area contributed by atoms with Crippen LogP contribution < -0.4 is 15.6 Å². The second kappa shape index (κ2) is 6.23. The Morgan fingerprint density at radius 2 is 2.14 bits per heavy atom. The molecule has 2 aromatic rings. The first-order chi connectivity index (χ1) is 10.7. The number of anilines is 1. The number of aromatic amines is 1. The van der Waals surface area contributed by atoms with Crippen LogP contribution in [-0.2, 0) is 4.79 Å². The van der Waals surface area contributed by atoms with Gasteiger partial charge in [-0.05, 0) is 30.2 Å². The first kappa shape index (κ1) is 14.6. The summed E-state index contributed by atoms with van der Waals surface area (Å²) in [6.07, 6.45) is 1.59. The van der Waals surface area contributed by atoms with E-state index in [0.717, 1.165) is 42.3 Å². The fraction of sp³-hybridized carbons (Fsp3) is 0.333. The third-order valence-electron chi connectivity index (χ3n) is 3.98. The number of amides is 1. The zero-order chi connectivity index (χ0) is 15.5. The van der Waals surface area contributed by atoms with Crippen LogP contribution in [0.2, 0.25) is 0 Å². The van der Waals surface area contributed by atoms with E-state index >= 15 is 0 Å². The van der Waals surface area contributed by atoms with Gasteiger partial charge in [-0.15, -0.1) is 4.91 Å². The molecule has 0 atom stereocenters. The van der Waals surface area contributed by atoms with Gasteiger partial charge in [0.2, 0.25) is 5.91 Å². The van der Waals surface area contributed by atoms with E-state index in [1.54, 1.807) is 23.5 Å². The Kier molecular flexibility index (Phi) is 4.15. The summed E-state index contributed by atoms with van der Waals surface area (Å²) >= 11 is 1.62. The number of nitrogens with two attached hydrogens (primary N) is 1. The molecule has 0 unspecified atom stereocenters. The van der Waals surface area contributed by atoms with Crippen LogP contribution in [0.5, 0.6) is 0 Å². The minimum Gasteiger partial charge on any atom is -0.369 e. The topological polar surface area (TPSA) is 89.9 Å². The normalized spacial score (nSPS) is 15.7. The van der Waals surface area contributed by atoms with Crippen LogP contribution in [0.3, 0.4) is 0 Å². The number of benzene rings is 1. The van der Waals surface area contributed by atoms with Gasteiger partial charge in [-0.25, -0.2) is 4.98 Å². The molecule has 1 fully saturated rings. The number of hydrogen-bond acceptors (Lipinski definition) is 5. The van der Waals surface area contributed by atoms with Crippen molar-refractivity contribution in [2.75, 3.05) is 18.0 Å². The molecule has 6 nitrogen and oxygen atoms in total. The summed E-state index contributed by atoms with van der Waals surface area (Å²) in [7, 11) is 0. The Morgan fingerprint density at radius 1 is 1.36 bits per heavy atom. The molecule has 2 heterocycles. The van der Waals surface area contributed by atoms with Crippen molar-refractivity contribution in [1.82, 2.24) is 0 Å². The summed E-state index contributed by atoms with van der Waals surface area (Å²) in [5.41, 5.74) is 7.68. The molecule has 22 heavy (non-hydrogen) atoms. The van der Waals surface area contributed by atoms with Gasteiger partial charge in [-0.3, -0.25) is 9.69 Å². The Labute approximate surface area is 131 Å². The summed E-state index contributed by atoms with van der Waals surface area (Å²) < 4.78 is 0. The van der Waals surface area contributed by atoms with Gasteiger partial charge < -0.3 is 5.73 Å². The number of nitrogens with one attached hydrogen (secondary N) is 1. The number of hydrogen-bond donors (Lipinski definition) is 1. The second-order valence-corrected chi connectivity index (χ2v) is 6.24. The SMILES string of the molecule is NC(=O)C1CCN(c2[nH+]c(-c3cccc(N=O)c3)cs2)CC1. The van der Waals surface area contributed by atoms with Crippen molar-refractivity contribution >= 4 is 28.1 Å². The summed E-state index contributed by atoms with van der Waals surface area (Å²) in [6, 6.07) is 7.19. The fourth-order valence-corrected chi connectivity index (χ4v) is 3.61. The zero-order valence-corrected chi connectivity index (χ0v) is 12.8. The number of rotatable bonds is 4. The number of aromatic nitrogens is 1. The molecule has 1 aliphatic rings. The van der Waals surface area contributed by atoms with Gasteiger partial charge in [-0.1, -0.05) is 23.5 Å². The molecule has 0 bridgehead atoms. The van der Waals surface area contributed by atoms with Crippen molar-refractivity contribution in [3.8, 4) is 11.3 Å². The standard InChI is InChI=1S/C15H16N4O2S/c16-14(20)10-4-6-19(7-5-10)15-17-13(9-22-15)11-2-1-3-12(8-11)18-21/h1-3,8-10H,4-7H2,(H2,16,20)/p+1. The second-order valence-electron chi connectivity index (χ2n) is 5.38. The predicted octanol–water partition coefficient (Wildman–Crippen LogP) is 2.33. The number of carbonyl (C=O) groups is 1. The number of carbonyl (C=O) groups excluding carboxylic acids is 1. The smallest absolute Gasteiger partial charge is 0.334 e. The van der Waals surface area contributed by atoms with E-state index in [2.05, 4.69) is 15.1 Å². The molecular weight excluding hydrogens is 300 g/mol. The number of nitrogens with zero attached hydrogens (tertiary/aromatic N) is 2. The largest absolute Gasteiger partial charge is 0.369 e. The Balaban J connectivity index is 1.74. The maximum absolute atomic E-state index is 11.2. The van der Waals surface area contributed by atoms with Crippen LogP contribution in [0.4, 0.5) is 10.8 Å². The van der Waals surface area contributed by atoms with E-state index in [1.807, 2.05) is 17.5 Å². The molecule has 7 heteroatoms. The monoisotopic (exact) mass is 317 g/mol. The van der Waals surface area contributed by atoms with Gasteiger partial charge >= 0.3 is 5.13 Å². The average molecular weight is 317 g/mol. The van der Waals surface area contributed by atoms with Crippen molar-refractivity contribution in [1.29, 1.82) is 0 Å². The van der Waals surface area contributed by atoms with Gasteiger partial charge in [0.1, 0.15) is 11.4 Å². The maximum Gasteiger partial charge on any atom is 0.334 e. The average Bonchev–Trinajstić information content (AvgIpc) is 3.05. The molecule has 1 aliphatic heterocycles. The highest BCUT2D eigenvalue weighted by molar-refractivity contribution is 7.13. The maximum atomic E-state index is 11.2. The number of piperidine rings is 1. The molecular formula is C15H17N4O2S+. The van der Waals surface area contributed by atoms with Crippen molar-refractivity contribution in [3.05, 3.63) is 34.6 Å². The molecule has 1 saturated heterocycles. The highest BCUT2D eigenvalue weighted by Crippen LogP contribution is 2.28. The van der Waals surface area contributed by atoms with Gasteiger partial charge in [-0.2, -0.15) is 0 Å². The third kappa shape index (κ3) is 2.99. The van der Waals surface area contributed by atoms with E-state index in [-0.39, 0.29) is 11.8 Å². The van der Waals surface area contributed by atoms with Crippen molar-refractivity contribution in [2.45, 2.75) is 12.8 Å². The summed E-state index contributed by atoms with van der Waals surface area (Å²) in [4.78, 5) is 27.4. The minimum atomic E-state index is -0.200. The molecule has 3 rings (SSSR count). The number of H-pyrrole nitrogens is 1. The molecule has 0 spiro atoms. The Morgan fingerprint density at radius 3 is 2.82 bits per heavy atom. The summed E-state index contributed by atoms with van der Waals surface area (Å²) in [5, 5.41) is 6.05. The van der Waals surface area contributed by atoms with E-state index in [0.29, 0.717) is 5.69 Å². The lowest BCUT2D eigenvalue weighted by Crippen LogP contribution is -2.40. The molecule has 114 valence electrons. The van der Waals surface area contributed by atoms with E-state index < -0.39 is 0 Å². The Hall–Kier alpha value is -2.28. The molecule has 0 aliphatic carbocycles. The van der Waals surface area contributed by atoms with Crippen LogP contribution in [0, 0.1) is 10.8 Å². The molecule has 0 saturated carbocycles. The van der Waals surface area contributed by atoms with Gasteiger partial charge in [0.25, 0.3) is 0 Å². The van der Waals surface area contributed by atoms with Crippen molar-refractivity contribution in [3.63, 3.8) is 0 Å². The van der Waals surface area contributed by atoms with Gasteiger partial charge in [0.05, 0.1) is 13.1 Å². The van der Waals surface area contributed by atoms with E-state index in [1.165, 1.54) is 0 Å². The first-order valence-corrected chi connectivity index (χ1v) is 8.04. The molecule has 1 aromatic heterocycles. The molecule has 1 amide bonds. The summed E-state index contributed by atoms with van der Waals surface area (Å²) in [5.74, 6) is -0.209. The minimum absolute atomic E-state index is 0.00831. The highest BCUT2D eigenvalue weighted by Gasteiger charge is 2.29. The lowest BCUT2D eigenvalue weighted by atomic mass is 9.97. The van der Waals surface area contributed by atoms with Crippen LogP contribution in [0.15, 0.2) is 34.8 Å². The van der Waals surface area contributed by atoms with Gasteiger partial charge in [0.15, 0.2) is 0 Å². The van der Waals surface area contributed by atoms with Gasteiger partial charge in [0, 0.05) is 16.9 Å². The van der Waals surface area contributed by atoms with E-state index in [9.17, 15) is 9.70 Å². The van der Waals surface area contributed by atoms with Crippen molar-refractivity contribution < 1.29 is 9.78 Å². The number of thiazole rings is 1. The predicted molar refractivity (Wildman–Crippen MR) is 85.9 cm³/mol. The lowest BCUT2D eigenvalue weighted by molar-refractivity contribution is -0.344.